The number of nitrogens with one attached hydrogen (secondary N) is 2. The molecule has 0 saturated carbocycles. The zero-order valence-corrected chi connectivity index (χ0v) is 19.6. The van der Waals surface area contributed by atoms with Gasteiger partial charge < -0.3 is 15.5 Å². The summed E-state index contributed by atoms with van der Waals surface area (Å²) in [5.41, 5.74) is 3.85. The van der Waals surface area contributed by atoms with Gasteiger partial charge in [0.05, 0.1) is 16.8 Å². The van der Waals surface area contributed by atoms with Gasteiger partial charge in [-0.2, -0.15) is 5.10 Å². The maximum Gasteiger partial charge on any atom is 0.223 e. The molecule has 170 valence electrons. The topological polar surface area (TPSA) is 88.0 Å². The molecule has 3 heterocycles. The molecule has 2 N–H and O–H groups in total. The van der Waals surface area contributed by atoms with E-state index in [2.05, 4.69) is 44.8 Å². The number of anilines is 1. The second kappa shape index (κ2) is 9.83. The molecule has 0 unspecified atom stereocenters. The van der Waals surface area contributed by atoms with E-state index in [-0.39, 0.29) is 11.8 Å². The highest BCUT2D eigenvalue weighted by Gasteiger charge is 2.28. The third kappa shape index (κ3) is 4.56. The fraction of sp³-hybridized carbons (Fsp3) is 0.478. The molecule has 1 amide bonds. The molecule has 1 saturated heterocycles. The van der Waals surface area contributed by atoms with E-state index in [0.29, 0.717) is 11.7 Å². The minimum Gasteiger partial charge on any atom is -0.356 e. The Morgan fingerprint density at radius 2 is 1.84 bits per heavy atom. The van der Waals surface area contributed by atoms with Crippen LogP contribution < -0.4 is 15.5 Å². The predicted molar refractivity (Wildman–Crippen MR) is 128 cm³/mol. The number of benzene rings is 1. The minimum absolute atomic E-state index is 0.0310. The molecule has 0 bridgehead atoms. The fourth-order valence-corrected chi connectivity index (χ4v) is 4.48. The second-order valence-electron chi connectivity index (χ2n) is 8.38. The van der Waals surface area contributed by atoms with E-state index in [0.717, 1.165) is 67.0 Å². The number of fused-ring (bicyclic) bond motifs is 1. The highest BCUT2D eigenvalue weighted by molar-refractivity contribution is 6.34. The average Bonchev–Trinajstić information content (AvgIpc) is 3.15. The Morgan fingerprint density at radius 3 is 2.53 bits per heavy atom. The normalized spacial score (nSPS) is 14.8. The van der Waals surface area contributed by atoms with Crippen LogP contribution in [0.4, 0.5) is 5.82 Å². The van der Waals surface area contributed by atoms with Crippen molar-refractivity contribution in [3.05, 3.63) is 40.7 Å². The van der Waals surface area contributed by atoms with Crippen molar-refractivity contribution in [2.75, 3.05) is 38.1 Å². The smallest absolute Gasteiger partial charge is 0.223 e. The van der Waals surface area contributed by atoms with Gasteiger partial charge in [0.15, 0.2) is 11.0 Å². The molecular formula is C23H30ClN7O. The van der Waals surface area contributed by atoms with Crippen molar-refractivity contribution >= 4 is 34.2 Å². The molecule has 0 aliphatic carbocycles. The summed E-state index contributed by atoms with van der Waals surface area (Å²) in [6, 6.07) is 8.22. The summed E-state index contributed by atoms with van der Waals surface area (Å²) in [5.74, 6) is 0.905. The third-order valence-corrected chi connectivity index (χ3v) is 6.38. The van der Waals surface area contributed by atoms with Crippen LogP contribution in [0.15, 0.2) is 24.3 Å². The number of hydrogen-bond donors (Lipinski definition) is 2. The van der Waals surface area contributed by atoms with E-state index in [1.165, 1.54) is 5.56 Å². The highest BCUT2D eigenvalue weighted by atomic mass is 35.5. The van der Waals surface area contributed by atoms with E-state index < -0.39 is 0 Å². The van der Waals surface area contributed by atoms with Gasteiger partial charge in [-0.1, -0.05) is 29.3 Å². The van der Waals surface area contributed by atoms with Crippen LogP contribution in [0.5, 0.6) is 0 Å². The lowest BCUT2D eigenvalue weighted by atomic mass is 9.96. The van der Waals surface area contributed by atoms with E-state index in [1.54, 1.807) is 0 Å². The summed E-state index contributed by atoms with van der Waals surface area (Å²) in [6.45, 7) is 7.13. The monoisotopic (exact) mass is 455 g/mol. The van der Waals surface area contributed by atoms with E-state index in [4.69, 9.17) is 16.7 Å². The summed E-state index contributed by atoms with van der Waals surface area (Å²) in [6.07, 6.45) is 2.49. The Balaban J connectivity index is 1.53. The first-order valence-electron chi connectivity index (χ1n) is 11.2. The maximum absolute atomic E-state index is 12.5. The number of amides is 1. The molecule has 0 spiro atoms. The van der Waals surface area contributed by atoms with Gasteiger partial charge in [0.2, 0.25) is 5.91 Å². The van der Waals surface area contributed by atoms with Crippen molar-refractivity contribution in [1.82, 2.24) is 30.6 Å². The Bertz CT molecular complexity index is 1090. The SMILES string of the molecule is CNCCCNC(=O)C1CCN(c2nnc(Cl)c3c(C)n(-c4ccc(C)cc4)nc23)CC1. The Hall–Kier alpha value is -2.71. The van der Waals surface area contributed by atoms with Crippen molar-refractivity contribution in [3.63, 3.8) is 0 Å². The molecule has 1 fully saturated rings. The quantitative estimate of drug-likeness (QED) is 0.532. The van der Waals surface area contributed by atoms with Crippen LogP contribution in [-0.2, 0) is 4.79 Å². The molecule has 1 aromatic carbocycles. The predicted octanol–water partition coefficient (Wildman–Crippen LogP) is 3.03. The molecule has 1 aliphatic rings. The number of aromatic nitrogens is 4. The summed E-state index contributed by atoms with van der Waals surface area (Å²) in [4.78, 5) is 14.6. The van der Waals surface area contributed by atoms with E-state index >= 15 is 0 Å². The summed E-state index contributed by atoms with van der Waals surface area (Å²) in [7, 11) is 1.92. The molecular weight excluding hydrogens is 426 g/mol. The van der Waals surface area contributed by atoms with Gasteiger partial charge >= 0.3 is 0 Å². The van der Waals surface area contributed by atoms with Crippen LogP contribution in [0.3, 0.4) is 0 Å². The van der Waals surface area contributed by atoms with Gasteiger partial charge in [0, 0.05) is 25.6 Å². The van der Waals surface area contributed by atoms with Crippen molar-refractivity contribution < 1.29 is 4.79 Å². The number of nitrogens with zero attached hydrogens (tertiary/aromatic N) is 5. The molecule has 8 nitrogen and oxygen atoms in total. The van der Waals surface area contributed by atoms with Crippen molar-refractivity contribution in [2.24, 2.45) is 5.92 Å². The average molecular weight is 456 g/mol. The molecule has 3 aromatic rings. The van der Waals surface area contributed by atoms with Gasteiger partial charge in [-0.3, -0.25) is 4.79 Å². The highest BCUT2D eigenvalue weighted by Crippen LogP contribution is 2.33. The largest absolute Gasteiger partial charge is 0.356 e. The Morgan fingerprint density at radius 1 is 1.12 bits per heavy atom. The standard InChI is InChI=1S/C23H30ClN7O/c1-15-5-7-18(8-6-15)31-16(2)19-20(29-31)22(28-27-21(19)24)30-13-9-17(10-14-30)23(32)26-12-4-11-25-3/h5-8,17,25H,4,9-14H2,1-3H3,(H,26,32). The third-order valence-electron chi connectivity index (χ3n) is 6.11. The molecule has 9 heteroatoms. The number of aryl methyl sites for hydroxylation is 2. The Labute approximate surface area is 193 Å². The van der Waals surface area contributed by atoms with Gasteiger partial charge in [-0.15, -0.1) is 10.2 Å². The molecule has 32 heavy (non-hydrogen) atoms. The first-order chi connectivity index (χ1) is 15.5. The van der Waals surface area contributed by atoms with Crippen LogP contribution in [-0.4, -0.2) is 59.1 Å². The molecule has 0 atom stereocenters. The zero-order chi connectivity index (χ0) is 22.7. The minimum atomic E-state index is 0.0310. The number of halogens is 1. The number of carbonyl (C=O) groups excluding carboxylic acids is 1. The molecule has 2 aromatic heterocycles. The van der Waals surface area contributed by atoms with E-state index in [9.17, 15) is 4.79 Å². The zero-order valence-electron chi connectivity index (χ0n) is 18.9. The number of piperidine rings is 1. The lowest BCUT2D eigenvalue weighted by Gasteiger charge is -2.31. The van der Waals surface area contributed by atoms with Crippen molar-refractivity contribution in [2.45, 2.75) is 33.1 Å². The maximum atomic E-state index is 12.5. The van der Waals surface area contributed by atoms with Crippen LogP contribution in [0, 0.1) is 19.8 Å². The van der Waals surface area contributed by atoms with Gasteiger partial charge in [-0.25, -0.2) is 4.68 Å². The Kier molecular flexibility index (Phi) is 6.91. The van der Waals surface area contributed by atoms with E-state index in [1.807, 2.05) is 30.8 Å². The number of hydrogen-bond acceptors (Lipinski definition) is 6. The fourth-order valence-electron chi connectivity index (χ4n) is 4.22. The molecule has 0 radical (unpaired) electrons. The van der Waals surface area contributed by atoms with Crippen LogP contribution in [0.2, 0.25) is 5.15 Å². The van der Waals surface area contributed by atoms with Crippen LogP contribution >= 0.6 is 11.6 Å². The summed E-state index contributed by atoms with van der Waals surface area (Å²) < 4.78 is 1.90. The van der Waals surface area contributed by atoms with Crippen LogP contribution in [0.25, 0.3) is 16.6 Å². The lowest BCUT2D eigenvalue weighted by Crippen LogP contribution is -2.41. The van der Waals surface area contributed by atoms with Crippen molar-refractivity contribution in [3.8, 4) is 5.69 Å². The second-order valence-corrected chi connectivity index (χ2v) is 8.74. The van der Waals surface area contributed by atoms with Crippen LogP contribution in [0.1, 0.15) is 30.5 Å². The number of rotatable bonds is 7. The van der Waals surface area contributed by atoms with Gasteiger partial charge in [-0.05, 0) is 58.8 Å². The summed E-state index contributed by atoms with van der Waals surface area (Å²) >= 11 is 6.43. The van der Waals surface area contributed by atoms with Gasteiger partial charge in [0.1, 0.15) is 5.52 Å². The number of carbonyl (C=O) groups is 1. The lowest BCUT2D eigenvalue weighted by molar-refractivity contribution is -0.125. The molecule has 1 aliphatic heterocycles. The van der Waals surface area contributed by atoms with Gasteiger partial charge in [0.25, 0.3) is 0 Å². The van der Waals surface area contributed by atoms with Crippen molar-refractivity contribution in [1.29, 1.82) is 0 Å². The first kappa shape index (κ1) is 22.5. The first-order valence-corrected chi connectivity index (χ1v) is 11.5. The summed E-state index contributed by atoms with van der Waals surface area (Å²) in [5, 5.41) is 20.8. The molecule has 4 rings (SSSR count).